The summed E-state index contributed by atoms with van der Waals surface area (Å²) in [5.41, 5.74) is 0.255. The second kappa shape index (κ2) is 8.41. The number of carbonyl (C=O) groups is 4. The second-order valence-corrected chi connectivity index (χ2v) is 5.58. The predicted molar refractivity (Wildman–Crippen MR) is 91.4 cm³/mol. The highest BCUT2D eigenvalue weighted by Gasteiger charge is 2.34. The highest BCUT2D eigenvalue weighted by molar-refractivity contribution is 6.32. The van der Waals surface area contributed by atoms with E-state index in [2.05, 4.69) is 10.1 Å². The quantitative estimate of drug-likeness (QED) is 0.393. The Hall–Kier alpha value is -3.27. The number of methoxy groups -OCH3 is 2. The summed E-state index contributed by atoms with van der Waals surface area (Å²) in [4.78, 5) is 46.4. The van der Waals surface area contributed by atoms with Gasteiger partial charge in [-0.2, -0.15) is 0 Å². The standard InChI is InChI=1S/C16H15ClN2O8/c1-25-11-5-8(3-9(17)14(11)27-7-13(22)26-2)4-10-15(23)19(6-12(20)21)16(24)18-10/h3-5H,6-7H2,1-2H3,(H,18,24)(H,20,21)/b10-4+. The van der Waals surface area contributed by atoms with E-state index in [4.69, 9.17) is 26.2 Å². The van der Waals surface area contributed by atoms with Crippen molar-refractivity contribution >= 4 is 41.6 Å². The van der Waals surface area contributed by atoms with Crippen LogP contribution in [0.25, 0.3) is 6.08 Å². The average Bonchev–Trinajstić information content (AvgIpc) is 2.87. The van der Waals surface area contributed by atoms with Gasteiger partial charge in [-0.15, -0.1) is 0 Å². The Morgan fingerprint density at radius 3 is 2.59 bits per heavy atom. The van der Waals surface area contributed by atoms with Crippen molar-refractivity contribution in [1.82, 2.24) is 10.2 Å². The van der Waals surface area contributed by atoms with E-state index in [9.17, 15) is 19.2 Å². The van der Waals surface area contributed by atoms with Crippen molar-refractivity contribution in [3.63, 3.8) is 0 Å². The van der Waals surface area contributed by atoms with Gasteiger partial charge in [0.1, 0.15) is 12.2 Å². The molecule has 0 aromatic heterocycles. The van der Waals surface area contributed by atoms with Gasteiger partial charge in [0.15, 0.2) is 18.1 Å². The molecular weight excluding hydrogens is 384 g/mol. The maximum atomic E-state index is 12.1. The van der Waals surface area contributed by atoms with E-state index in [1.54, 1.807) is 0 Å². The summed E-state index contributed by atoms with van der Waals surface area (Å²) in [6, 6.07) is 2.04. The van der Waals surface area contributed by atoms with Gasteiger partial charge in [-0.1, -0.05) is 11.6 Å². The highest BCUT2D eigenvalue weighted by atomic mass is 35.5. The maximum Gasteiger partial charge on any atom is 0.343 e. The van der Waals surface area contributed by atoms with E-state index in [1.807, 2.05) is 0 Å². The third-order valence-corrected chi connectivity index (χ3v) is 3.66. The van der Waals surface area contributed by atoms with Gasteiger partial charge >= 0.3 is 18.0 Å². The molecule has 0 radical (unpaired) electrons. The number of aliphatic carboxylic acids is 1. The summed E-state index contributed by atoms with van der Waals surface area (Å²) in [7, 11) is 2.56. The Bertz CT molecular complexity index is 836. The minimum Gasteiger partial charge on any atom is -0.493 e. The summed E-state index contributed by atoms with van der Waals surface area (Å²) in [6.07, 6.45) is 1.31. The Morgan fingerprint density at radius 1 is 1.30 bits per heavy atom. The van der Waals surface area contributed by atoms with Crippen molar-refractivity contribution < 1.29 is 38.5 Å². The number of benzene rings is 1. The number of imide groups is 1. The number of amides is 3. The van der Waals surface area contributed by atoms with Crippen LogP contribution in [0.3, 0.4) is 0 Å². The van der Waals surface area contributed by atoms with Crippen LogP contribution >= 0.6 is 11.6 Å². The first-order valence-electron chi connectivity index (χ1n) is 7.40. The first kappa shape index (κ1) is 20.0. The fourth-order valence-corrected chi connectivity index (χ4v) is 2.44. The van der Waals surface area contributed by atoms with Crippen molar-refractivity contribution in [3.8, 4) is 11.5 Å². The molecule has 2 rings (SSSR count). The van der Waals surface area contributed by atoms with Crippen molar-refractivity contribution in [2.45, 2.75) is 0 Å². The van der Waals surface area contributed by atoms with Crippen LogP contribution in [0, 0.1) is 0 Å². The van der Waals surface area contributed by atoms with Gasteiger partial charge in [0.2, 0.25) is 0 Å². The Labute approximate surface area is 158 Å². The summed E-state index contributed by atoms with van der Waals surface area (Å²) < 4.78 is 14.9. The van der Waals surface area contributed by atoms with Gasteiger partial charge in [0.25, 0.3) is 5.91 Å². The Balaban J connectivity index is 2.29. The number of carboxylic acids is 1. The van der Waals surface area contributed by atoms with Gasteiger partial charge < -0.3 is 24.6 Å². The normalized spacial score (nSPS) is 14.9. The Morgan fingerprint density at radius 2 is 2.00 bits per heavy atom. The SMILES string of the molecule is COC(=O)COc1c(Cl)cc(/C=C2/NC(=O)N(CC(=O)O)C2=O)cc1OC. The monoisotopic (exact) mass is 398 g/mol. The third-order valence-electron chi connectivity index (χ3n) is 3.38. The van der Waals surface area contributed by atoms with Gasteiger partial charge in [-0.25, -0.2) is 14.5 Å². The number of nitrogens with one attached hydrogen (secondary N) is 1. The van der Waals surface area contributed by atoms with Gasteiger partial charge in [0.05, 0.1) is 19.2 Å². The van der Waals surface area contributed by atoms with Crippen LogP contribution in [-0.2, 0) is 19.1 Å². The number of rotatable bonds is 7. The number of halogens is 1. The molecule has 1 saturated heterocycles. The van der Waals surface area contributed by atoms with Crippen LogP contribution in [0.2, 0.25) is 5.02 Å². The lowest BCUT2D eigenvalue weighted by Crippen LogP contribution is -2.35. The molecule has 1 aliphatic rings. The van der Waals surface area contributed by atoms with Crippen molar-refractivity contribution in [1.29, 1.82) is 0 Å². The smallest absolute Gasteiger partial charge is 0.343 e. The van der Waals surface area contributed by atoms with Crippen LogP contribution in [-0.4, -0.2) is 61.3 Å². The molecule has 1 aromatic carbocycles. The van der Waals surface area contributed by atoms with Gasteiger partial charge in [-0.3, -0.25) is 9.59 Å². The minimum absolute atomic E-state index is 0.0873. The second-order valence-electron chi connectivity index (χ2n) is 5.17. The van der Waals surface area contributed by atoms with Crippen LogP contribution in [0.1, 0.15) is 5.56 Å². The van der Waals surface area contributed by atoms with Crippen molar-refractivity contribution in [2.75, 3.05) is 27.4 Å². The summed E-state index contributed by atoms with van der Waals surface area (Å²) in [5, 5.41) is 11.1. The number of hydrogen-bond donors (Lipinski definition) is 2. The first-order valence-corrected chi connectivity index (χ1v) is 7.78. The minimum atomic E-state index is -1.32. The summed E-state index contributed by atoms with van der Waals surface area (Å²) >= 11 is 6.14. The number of nitrogens with zero attached hydrogens (tertiary/aromatic N) is 1. The molecule has 3 amide bonds. The molecule has 0 aliphatic carbocycles. The van der Waals surface area contributed by atoms with Crippen LogP contribution in [0.4, 0.5) is 4.79 Å². The van der Waals surface area contributed by atoms with Crippen molar-refractivity contribution in [2.24, 2.45) is 0 Å². The molecule has 1 aliphatic heterocycles. The largest absolute Gasteiger partial charge is 0.493 e. The number of esters is 1. The fraction of sp³-hybridized carbons (Fsp3) is 0.250. The lowest BCUT2D eigenvalue weighted by molar-refractivity contribution is -0.143. The molecule has 0 saturated carbocycles. The van der Waals surface area contributed by atoms with E-state index >= 15 is 0 Å². The third kappa shape index (κ3) is 4.67. The lowest BCUT2D eigenvalue weighted by Gasteiger charge is -2.12. The predicted octanol–water partition coefficient (Wildman–Crippen LogP) is 0.878. The summed E-state index contributed by atoms with van der Waals surface area (Å²) in [6.45, 7) is -1.14. The number of ether oxygens (including phenoxy) is 3. The molecule has 0 atom stereocenters. The Kier molecular flexibility index (Phi) is 6.24. The molecule has 1 heterocycles. The van der Waals surface area contributed by atoms with E-state index in [-0.39, 0.29) is 28.8 Å². The molecule has 2 N–H and O–H groups in total. The molecule has 11 heteroatoms. The molecule has 27 heavy (non-hydrogen) atoms. The molecule has 0 spiro atoms. The zero-order valence-electron chi connectivity index (χ0n) is 14.3. The molecule has 1 fully saturated rings. The number of hydrogen-bond acceptors (Lipinski definition) is 7. The summed E-state index contributed by atoms with van der Waals surface area (Å²) in [5.74, 6) is -2.45. The molecule has 0 bridgehead atoms. The van der Waals surface area contributed by atoms with E-state index < -0.39 is 30.4 Å². The van der Waals surface area contributed by atoms with E-state index in [0.29, 0.717) is 10.5 Å². The molecular formula is C16H15ClN2O8. The highest BCUT2D eigenvalue weighted by Crippen LogP contribution is 2.37. The zero-order valence-corrected chi connectivity index (χ0v) is 15.0. The fourth-order valence-electron chi connectivity index (χ4n) is 2.17. The van der Waals surface area contributed by atoms with Gasteiger partial charge in [-0.05, 0) is 23.8 Å². The molecule has 10 nitrogen and oxygen atoms in total. The topological polar surface area (TPSA) is 131 Å². The number of carbonyl (C=O) groups excluding carboxylic acids is 3. The first-order chi connectivity index (χ1) is 12.8. The zero-order chi connectivity index (χ0) is 20.1. The molecule has 1 aromatic rings. The van der Waals surface area contributed by atoms with Crippen LogP contribution < -0.4 is 14.8 Å². The van der Waals surface area contributed by atoms with Crippen LogP contribution in [0.5, 0.6) is 11.5 Å². The van der Waals surface area contributed by atoms with Crippen molar-refractivity contribution in [3.05, 3.63) is 28.4 Å². The number of carboxylic acid groups (broad SMARTS) is 1. The maximum absolute atomic E-state index is 12.1. The number of urea groups is 1. The lowest BCUT2D eigenvalue weighted by atomic mass is 10.1. The molecule has 144 valence electrons. The van der Waals surface area contributed by atoms with Gasteiger partial charge in [0, 0.05) is 0 Å². The van der Waals surface area contributed by atoms with E-state index in [0.717, 1.165) is 0 Å². The molecule has 0 unspecified atom stereocenters. The van der Waals surface area contributed by atoms with E-state index in [1.165, 1.54) is 32.4 Å². The average molecular weight is 399 g/mol. The van der Waals surface area contributed by atoms with Crippen LogP contribution in [0.15, 0.2) is 17.8 Å².